The SMILES string of the molecule is Cc1ccccc1C(=O)Nc1sc2c(c1C(=O)NCC1CCCO1)CCCC2. The van der Waals surface area contributed by atoms with E-state index in [1.165, 1.54) is 4.88 Å². The summed E-state index contributed by atoms with van der Waals surface area (Å²) < 4.78 is 5.62. The Bertz CT molecular complexity index is 884. The number of ether oxygens (including phenoxy) is 1. The second kappa shape index (κ2) is 8.45. The van der Waals surface area contributed by atoms with E-state index in [9.17, 15) is 9.59 Å². The van der Waals surface area contributed by atoms with Crippen LogP contribution in [0.4, 0.5) is 5.00 Å². The Morgan fingerprint density at radius 2 is 1.96 bits per heavy atom. The van der Waals surface area contributed by atoms with Gasteiger partial charge >= 0.3 is 0 Å². The van der Waals surface area contributed by atoms with E-state index < -0.39 is 0 Å². The van der Waals surface area contributed by atoms with Gasteiger partial charge in [0.25, 0.3) is 11.8 Å². The van der Waals surface area contributed by atoms with Gasteiger partial charge in [0, 0.05) is 23.6 Å². The van der Waals surface area contributed by atoms with Gasteiger partial charge in [-0.1, -0.05) is 18.2 Å². The summed E-state index contributed by atoms with van der Waals surface area (Å²) in [6, 6.07) is 7.51. The van der Waals surface area contributed by atoms with Gasteiger partial charge in [-0.2, -0.15) is 0 Å². The predicted molar refractivity (Wildman–Crippen MR) is 111 cm³/mol. The lowest BCUT2D eigenvalue weighted by atomic mass is 9.95. The number of nitrogens with one attached hydrogen (secondary N) is 2. The highest BCUT2D eigenvalue weighted by atomic mass is 32.1. The molecule has 1 fully saturated rings. The number of amides is 2. The van der Waals surface area contributed by atoms with E-state index in [0.29, 0.717) is 22.7 Å². The normalized spacial score (nSPS) is 18.5. The lowest BCUT2D eigenvalue weighted by Gasteiger charge is -2.15. The minimum absolute atomic E-state index is 0.100. The summed E-state index contributed by atoms with van der Waals surface area (Å²) in [4.78, 5) is 27.1. The first-order chi connectivity index (χ1) is 13.6. The lowest BCUT2D eigenvalue weighted by molar-refractivity contribution is 0.0858. The number of hydrogen-bond acceptors (Lipinski definition) is 4. The highest BCUT2D eigenvalue weighted by molar-refractivity contribution is 7.17. The molecule has 5 nitrogen and oxygen atoms in total. The number of thiophene rings is 1. The van der Waals surface area contributed by atoms with E-state index in [-0.39, 0.29) is 17.9 Å². The largest absolute Gasteiger partial charge is 0.376 e. The molecule has 0 radical (unpaired) electrons. The Kier molecular flexibility index (Phi) is 5.78. The van der Waals surface area contributed by atoms with Crippen molar-refractivity contribution in [1.82, 2.24) is 5.32 Å². The minimum Gasteiger partial charge on any atom is -0.376 e. The average Bonchev–Trinajstić information content (AvgIpc) is 3.33. The van der Waals surface area contributed by atoms with E-state index in [1.807, 2.05) is 31.2 Å². The van der Waals surface area contributed by atoms with Crippen LogP contribution in [0.3, 0.4) is 0 Å². The van der Waals surface area contributed by atoms with Crippen LogP contribution in [0.25, 0.3) is 0 Å². The fraction of sp³-hybridized carbons (Fsp3) is 0.455. The Morgan fingerprint density at radius 3 is 2.75 bits per heavy atom. The van der Waals surface area contributed by atoms with E-state index in [4.69, 9.17) is 4.74 Å². The van der Waals surface area contributed by atoms with E-state index >= 15 is 0 Å². The monoisotopic (exact) mass is 398 g/mol. The number of rotatable bonds is 5. The third-order valence-electron chi connectivity index (χ3n) is 5.53. The van der Waals surface area contributed by atoms with Crippen molar-refractivity contribution in [2.24, 2.45) is 0 Å². The molecular weight excluding hydrogens is 372 g/mol. The van der Waals surface area contributed by atoms with Gasteiger partial charge in [-0.25, -0.2) is 0 Å². The molecule has 2 heterocycles. The molecule has 6 heteroatoms. The van der Waals surface area contributed by atoms with Crippen molar-refractivity contribution in [2.45, 2.75) is 51.6 Å². The van der Waals surface area contributed by atoms with Gasteiger partial charge in [0.05, 0.1) is 11.7 Å². The zero-order chi connectivity index (χ0) is 19.5. The molecule has 1 aromatic heterocycles. The van der Waals surface area contributed by atoms with Crippen molar-refractivity contribution in [2.75, 3.05) is 18.5 Å². The molecule has 2 aliphatic rings. The van der Waals surface area contributed by atoms with Crippen LogP contribution in [-0.4, -0.2) is 31.1 Å². The zero-order valence-electron chi connectivity index (χ0n) is 16.2. The Balaban J connectivity index is 1.57. The van der Waals surface area contributed by atoms with Crippen molar-refractivity contribution < 1.29 is 14.3 Å². The fourth-order valence-corrected chi connectivity index (χ4v) is 5.27. The summed E-state index contributed by atoms with van der Waals surface area (Å²) in [5, 5.41) is 6.73. The van der Waals surface area contributed by atoms with Gasteiger partial charge < -0.3 is 15.4 Å². The summed E-state index contributed by atoms with van der Waals surface area (Å²) >= 11 is 1.55. The van der Waals surface area contributed by atoms with Gasteiger partial charge in [-0.15, -0.1) is 11.3 Å². The summed E-state index contributed by atoms with van der Waals surface area (Å²) in [5.74, 6) is -0.264. The van der Waals surface area contributed by atoms with Crippen LogP contribution in [0.5, 0.6) is 0 Å². The predicted octanol–water partition coefficient (Wildman–Crippen LogP) is 4.10. The first kappa shape index (κ1) is 19.2. The number of carbonyl (C=O) groups excluding carboxylic acids is 2. The van der Waals surface area contributed by atoms with Crippen molar-refractivity contribution in [1.29, 1.82) is 0 Å². The van der Waals surface area contributed by atoms with E-state index in [0.717, 1.165) is 56.3 Å². The zero-order valence-corrected chi connectivity index (χ0v) is 17.0. The molecule has 4 rings (SSSR count). The minimum atomic E-state index is -0.162. The van der Waals surface area contributed by atoms with Crippen LogP contribution < -0.4 is 10.6 Å². The maximum Gasteiger partial charge on any atom is 0.256 e. The second-order valence-corrected chi connectivity index (χ2v) is 8.63. The average molecular weight is 399 g/mol. The maximum absolute atomic E-state index is 13.0. The summed E-state index contributed by atoms with van der Waals surface area (Å²) in [7, 11) is 0. The molecular formula is C22H26N2O3S. The molecule has 1 saturated heterocycles. The quantitative estimate of drug-likeness (QED) is 0.797. The number of aryl methyl sites for hydroxylation is 2. The van der Waals surface area contributed by atoms with E-state index in [2.05, 4.69) is 10.6 Å². The molecule has 1 aliphatic heterocycles. The molecule has 1 aliphatic carbocycles. The van der Waals surface area contributed by atoms with Gasteiger partial charge in [-0.3, -0.25) is 9.59 Å². The molecule has 2 amide bonds. The molecule has 1 aromatic carbocycles. The van der Waals surface area contributed by atoms with Crippen molar-refractivity contribution >= 4 is 28.2 Å². The van der Waals surface area contributed by atoms with Gasteiger partial charge in [0.15, 0.2) is 0 Å². The van der Waals surface area contributed by atoms with Crippen LogP contribution >= 0.6 is 11.3 Å². The molecule has 0 spiro atoms. The Hall–Kier alpha value is -2.18. The molecule has 0 bridgehead atoms. The van der Waals surface area contributed by atoms with Crippen LogP contribution in [0.15, 0.2) is 24.3 Å². The second-order valence-electron chi connectivity index (χ2n) is 7.53. The Morgan fingerprint density at radius 1 is 1.14 bits per heavy atom. The van der Waals surface area contributed by atoms with Crippen molar-refractivity contribution in [3.05, 3.63) is 51.4 Å². The topological polar surface area (TPSA) is 67.4 Å². The third kappa shape index (κ3) is 3.98. The highest BCUT2D eigenvalue weighted by Gasteiger charge is 2.27. The number of anilines is 1. The lowest BCUT2D eigenvalue weighted by Crippen LogP contribution is -2.32. The number of carbonyl (C=O) groups is 2. The summed E-state index contributed by atoms with van der Waals surface area (Å²) in [5.41, 5.74) is 3.33. The molecule has 1 unspecified atom stereocenters. The van der Waals surface area contributed by atoms with Gasteiger partial charge in [0.1, 0.15) is 5.00 Å². The van der Waals surface area contributed by atoms with Gasteiger partial charge in [0.2, 0.25) is 0 Å². The number of fused-ring (bicyclic) bond motifs is 1. The van der Waals surface area contributed by atoms with E-state index in [1.54, 1.807) is 11.3 Å². The third-order valence-corrected chi connectivity index (χ3v) is 6.74. The highest BCUT2D eigenvalue weighted by Crippen LogP contribution is 2.38. The van der Waals surface area contributed by atoms with Crippen LogP contribution in [0, 0.1) is 6.92 Å². The van der Waals surface area contributed by atoms with Crippen LogP contribution in [0.2, 0.25) is 0 Å². The first-order valence-corrected chi connectivity index (χ1v) is 10.9. The van der Waals surface area contributed by atoms with Crippen LogP contribution in [0.1, 0.15) is 62.4 Å². The maximum atomic E-state index is 13.0. The summed E-state index contributed by atoms with van der Waals surface area (Å²) in [6.07, 6.45) is 6.23. The smallest absolute Gasteiger partial charge is 0.256 e. The summed E-state index contributed by atoms with van der Waals surface area (Å²) in [6.45, 7) is 3.21. The first-order valence-electron chi connectivity index (χ1n) is 10.0. The van der Waals surface area contributed by atoms with Crippen LogP contribution in [-0.2, 0) is 17.6 Å². The Labute approximate surface area is 169 Å². The molecule has 1 atom stereocenters. The molecule has 2 N–H and O–H groups in total. The van der Waals surface area contributed by atoms with Crippen molar-refractivity contribution in [3.8, 4) is 0 Å². The number of benzene rings is 1. The standard InChI is InChI=1S/C22H26N2O3S/c1-14-7-2-3-9-16(14)20(25)24-22-19(17-10-4-5-11-18(17)28-22)21(26)23-13-15-8-6-12-27-15/h2-3,7,9,15H,4-6,8,10-13H2,1H3,(H,23,26)(H,24,25). The molecule has 2 aromatic rings. The fourth-order valence-electron chi connectivity index (χ4n) is 3.99. The molecule has 28 heavy (non-hydrogen) atoms. The van der Waals surface area contributed by atoms with Gasteiger partial charge in [-0.05, 0) is 62.6 Å². The van der Waals surface area contributed by atoms with Crippen molar-refractivity contribution in [3.63, 3.8) is 0 Å². The molecule has 0 saturated carbocycles. The molecule has 148 valence electrons. The number of hydrogen-bond donors (Lipinski definition) is 2.